The standard InChI is InChI=1S/C12H12N2.2C10H9N4O2S.2C3H7NO.Cd/c1-9-3-5-13-11(7-9)12-8-10(2)4-6-14-12;2*11-8-2-4-9(5-3-8)17(15,16)14-10-12-6-1-7-13-10;2*1-4(2)3-5;/h3-8H,1-2H3;2*1-7H,11H2;2*3H,1-2H3;/q;2*-1;;;+2. The van der Waals surface area contributed by atoms with Crippen LogP contribution in [0.2, 0.25) is 0 Å². The first-order valence-corrected chi connectivity index (χ1v) is 19.6. The Labute approximate surface area is 364 Å². The van der Waals surface area contributed by atoms with E-state index in [9.17, 15) is 26.4 Å². The van der Waals surface area contributed by atoms with Crippen molar-refractivity contribution in [3.8, 4) is 11.4 Å². The van der Waals surface area contributed by atoms with Crippen LogP contribution in [0.1, 0.15) is 11.1 Å². The van der Waals surface area contributed by atoms with Crippen LogP contribution in [0.25, 0.3) is 20.8 Å². The number of aryl methyl sites for hydroxylation is 2. The topological polar surface area (TPSA) is 266 Å². The van der Waals surface area contributed by atoms with Gasteiger partial charge in [-0.05, 0) is 123 Å². The minimum Gasteiger partial charge on any atom is -0.399 e. The fourth-order valence-electron chi connectivity index (χ4n) is 3.63. The molecule has 0 aliphatic heterocycles. The Hall–Kier alpha value is -6.14. The van der Waals surface area contributed by atoms with Crippen LogP contribution in [0, 0.1) is 13.8 Å². The number of carbonyl (C=O) groups excluding carboxylic acids is 2. The number of nitrogens with zero attached hydrogens (tertiary/aromatic N) is 10. The number of sulfonamides is 2. The zero-order valence-corrected chi connectivity index (χ0v) is 39.0. The van der Waals surface area contributed by atoms with Crippen molar-refractivity contribution in [3.05, 3.63) is 143 Å². The summed E-state index contributed by atoms with van der Waals surface area (Å²) in [5.74, 6) is -0.186. The molecule has 18 nitrogen and oxygen atoms in total. The third-order valence-electron chi connectivity index (χ3n) is 6.38. The van der Waals surface area contributed by atoms with Crippen LogP contribution in [0.4, 0.5) is 23.3 Å². The van der Waals surface area contributed by atoms with Crippen LogP contribution in [0.3, 0.4) is 0 Å². The van der Waals surface area contributed by atoms with Crippen LogP contribution in [0.5, 0.6) is 0 Å². The number of benzene rings is 2. The molecule has 6 rings (SSSR count). The van der Waals surface area contributed by atoms with Crippen LogP contribution in [-0.2, 0) is 56.9 Å². The van der Waals surface area contributed by atoms with E-state index < -0.39 is 20.0 Å². The monoisotopic (exact) mass is 942 g/mol. The largest absolute Gasteiger partial charge is 2.00 e. The van der Waals surface area contributed by atoms with Gasteiger partial charge in [-0.2, -0.15) is 0 Å². The Morgan fingerprint density at radius 2 is 0.797 bits per heavy atom. The second-order valence-electron chi connectivity index (χ2n) is 11.9. The van der Waals surface area contributed by atoms with E-state index in [1.165, 1.54) is 94.2 Å². The van der Waals surface area contributed by atoms with E-state index in [1.807, 2.05) is 36.7 Å². The van der Waals surface area contributed by atoms with Gasteiger partial charge >= 0.3 is 27.3 Å². The average Bonchev–Trinajstić information content (AvgIpc) is 3.19. The van der Waals surface area contributed by atoms with E-state index in [0.717, 1.165) is 24.2 Å². The molecule has 0 saturated carbocycles. The number of rotatable bonds is 9. The van der Waals surface area contributed by atoms with E-state index >= 15 is 0 Å². The van der Waals surface area contributed by atoms with Crippen LogP contribution in [-0.4, -0.2) is 97.6 Å². The molecule has 4 heterocycles. The Morgan fingerprint density at radius 3 is 1.05 bits per heavy atom. The van der Waals surface area contributed by atoms with Crippen molar-refractivity contribution in [2.24, 2.45) is 0 Å². The first-order valence-electron chi connectivity index (χ1n) is 16.8. The number of nitrogens with two attached hydrogens (primary N) is 2. The number of pyridine rings is 2. The number of carbonyl (C=O) groups is 2. The molecule has 0 fully saturated rings. The third kappa shape index (κ3) is 20.2. The molecule has 59 heavy (non-hydrogen) atoms. The summed E-state index contributed by atoms with van der Waals surface area (Å²) in [5, 5.41) is 0. The number of amides is 2. The van der Waals surface area contributed by atoms with Gasteiger partial charge in [0.05, 0.1) is 21.2 Å². The second-order valence-corrected chi connectivity index (χ2v) is 15.2. The fourth-order valence-corrected chi connectivity index (χ4v) is 5.42. The van der Waals surface area contributed by atoms with E-state index in [2.05, 4.69) is 53.2 Å². The quantitative estimate of drug-likeness (QED) is 0.109. The molecule has 306 valence electrons. The SMILES string of the molecule is CN(C)C=O.CN(C)C=O.Cc1ccnc(-c2cc(C)ccn2)c1.Nc1ccc(S(=O)(=O)[N-]c2ncccn2)cc1.Nc1ccc(S(=O)(=O)[N-]c2ncccn2)cc1.[Cd+2]. The maximum absolute atomic E-state index is 11.8. The molecule has 0 aliphatic rings. The number of nitrogen functional groups attached to an aromatic ring is 2. The van der Waals surface area contributed by atoms with Gasteiger partial charge in [0.25, 0.3) is 0 Å². The summed E-state index contributed by atoms with van der Waals surface area (Å²) >= 11 is 0. The van der Waals surface area contributed by atoms with Crippen molar-refractivity contribution in [3.63, 3.8) is 0 Å². The van der Waals surface area contributed by atoms with Crippen LogP contribution < -0.4 is 11.5 Å². The number of aromatic nitrogens is 6. The normalized spacial score (nSPS) is 9.93. The average molecular weight is 941 g/mol. The van der Waals surface area contributed by atoms with Gasteiger partial charge in [0, 0.05) is 63.9 Å². The zero-order valence-electron chi connectivity index (χ0n) is 33.3. The molecule has 0 unspecified atom stereocenters. The Bertz CT molecular complexity index is 2200. The van der Waals surface area contributed by atoms with Crippen LogP contribution >= 0.6 is 0 Å². The van der Waals surface area contributed by atoms with Gasteiger partial charge in [-0.3, -0.25) is 29.0 Å². The predicted molar refractivity (Wildman–Crippen MR) is 223 cm³/mol. The van der Waals surface area contributed by atoms with Gasteiger partial charge in [-0.25, -0.2) is 16.8 Å². The molecule has 4 aromatic heterocycles. The molecule has 0 radical (unpaired) electrons. The Kier molecular flexibility index (Phi) is 22.4. The molecular formula is C38H44CdN12O6S2. The van der Waals surface area contributed by atoms with Crippen molar-refractivity contribution in [2.45, 2.75) is 23.6 Å². The zero-order chi connectivity index (χ0) is 43.1. The van der Waals surface area contributed by atoms with Gasteiger partial charge in [0.2, 0.25) is 32.9 Å². The van der Waals surface area contributed by atoms with E-state index in [-0.39, 0.29) is 49.0 Å². The van der Waals surface area contributed by atoms with Crippen molar-refractivity contribution < 1.29 is 53.7 Å². The number of anilines is 2. The van der Waals surface area contributed by atoms with Crippen molar-refractivity contribution in [1.29, 1.82) is 0 Å². The maximum atomic E-state index is 11.8. The number of hydrogen-bond acceptors (Lipinski definition) is 14. The van der Waals surface area contributed by atoms with E-state index in [4.69, 9.17) is 11.5 Å². The first kappa shape index (κ1) is 50.9. The molecule has 6 aromatic rings. The number of hydrogen-bond donors (Lipinski definition) is 2. The maximum Gasteiger partial charge on any atom is 2.00 e. The third-order valence-corrected chi connectivity index (χ3v) is 8.92. The molecule has 0 saturated heterocycles. The summed E-state index contributed by atoms with van der Waals surface area (Å²) in [4.78, 5) is 45.3. The summed E-state index contributed by atoms with van der Waals surface area (Å²) in [7, 11) is -0.821. The summed E-state index contributed by atoms with van der Waals surface area (Å²) in [6, 6.07) is 22.7. The van der Waals surface area contributed by atoms with Gasteiger partial charge in [-0.15, -0.1) is 0 Å². The minimum atomic E-state index is -3.79. The smallest absolute Gasteiger partial charge is 0.399 e. The molecule has 0 spiro atoms. The second kappa shape index (κ2) is 26.0. The summed E-state index contributed by atoms with van der Waals surface area (Å²) in [5.41, 5.74) is 16.2. The van der Waals surface area contributed by atoms with Gasteiger partial charge in [-0.1, -0.05) is 12.1 Å². The first-order chi connectivity index (χ1) is 27.4. The van der Waals surface area contributed by atoms with Crippen molar-refractivity contribution >= 4 is 56.1 Å². The predicted octanol–water partition coefficient (Wildman–Crippen LogP) is 5.07. The molecule has 0 aliphatic carbocycles. The molecule has 4 N–H and O–H groups in total. The Morgan fingerprint density at radius 1 is 0.508 bits per heavy atom. The molecule has 0 bridgehead atoms. The van der Waals surface area contributed by atoms with Crippen molar-refractivity contribution in [2.75, 3.05) is 39.7 Å². The van der Waals surface area contributed by atoms with E-state index in [1.54, 1.807) is 40.3 Å². The van der Waals surface area contributed by atoms with Crippen LogP contribution in [0.15, 0.2) is 132 Å². The molecule has 0 atom stereocenters. The summed E-state index contributed by atoms with van der Waals surface area (Å²) in [6.07, 6.45) is 10.8. The molecule has 2 amide bonds. The summed E-state index contributed by atoms with van der Waals surface area (Å²) < 4.78 is 54.3. The minimum absolute atomic E-state index is 0. The summed E-state index contributed by atoms with van der Waals surface area (Å²) in [6.45, 7) is 4.11. The fraction of sp³-hybridized carbons (Fsp3) is 0.158. The molecule has 2 aromatic carbocycles. The van der Waals surface area contributed by atoms with Gasteiger partial charge < -0.3 is 41.2 Å². The Balaban J connectivity index is 0.000000395. The molecular weight excluding hydrogens is 897 g/mol. The van der Waals surface area contributed by atoms with E-state index in [0.29, 0.717) is 11.4 Å². The van der Waals surface area contributed by atoms with Gasteiger partial charge in [0.1, 0.15) is 0 Å². The van der Waals surface area contributed by atoms with Gasteiger partial charge in [0.15, 0.2) is 0 Å². The molecule has 21 heteroatoms. The van der Waals surface area contributed by atoms with Crippen molar-refractivity contribution in [1.82, 2.24) is 39.7 Å².